The van der Waals surface area contributed by atoms with Crippen LogP contribution in [-0.4, -0.2) is 10.2 Å². The Morgan fingerprint density at radius 2 is 1.89 bits per heavy atom. The van der Waals surface area contributed by atoms with Crippen LogP contribution in [0.2, 0.25) is 0 Å². The van der Waals surface area contributed by atoms with Gasteiger partial charge >= 0.3 is 0 Å². The Hall–Kier alpha value is -1.94. The SMILES string of the molecule is CC1=C(N)C=CC(O)(c2c(O)ccc(N)c2C)C1. The highest BCUT2D eigenvalue weighted by molar-refractivity contribution is 5.59. The third kappa shape index (κ3) is 1.84. The molecular weight excluding hydrogens is 228 g/mol. The van der Waals surface area contributed by atoms with E-state index in [9.17, 15) is 10.2 Å². The van der Waals surface area contributed by atoms with Gasteiger partial charge in [-0.25, -0.2) is 0 Å². The Kier molecular flexibility index (Phi) is 2.83. The molecule has 0 spiro atoms. The maximum atomic E-state index is 10.7. The Balaban J connectivity index is 2.57. The predicted molar refractivity (Wildman–Crippen MR) is 71.8 cm³/mol. The van der Waals surface area contributed by atoms with Crippen molar-refractivity contribution in [2.45, 2.75) is 25.9 Å². The minimum absolute atomic E-state index is 0.0436. The quantitative estimate of drug-likeness (QED) is 0.448. The van der Waals surface area contributed by atoms with Gasteiger partial charge in [-0.3, -0.25) is 0 Å². The number of hydrogen-bond acceptors (Lipinski definition) is 4. The van der Waals surface area contributed by atoms with Crippen molar-refractivity contribution in [1.82, 2.24) is 0 Å². The summed E-state index contributed by atoms with van der Waals surface area (Å²) in [5.74, 6) is 0.0436. The molecule has 1 aliphatic carbocycles. The number of phenols is 1. The van der Waals surface area contributed by atoms with Crippen LogP contribution < -0.4 is 11.5 Å². The Morgan fingerprint density at radius 3 is 2.50 bits per heavy atom. The molecule has 0 aromatic heterocycles. The van der Waals surface area contributed by atoms with Crippen LogP contribution in [0.5, 0.6) is 5.75 Å². The van der Waals surface area contributed by atoms with E-state index in [2.05, 4.69) is 0 Å². The van der Waals surface area contributed by atoms with Crippen molar-refractivity contribution < 1.29 is 10.2 Å². The summed E-state index contributed by atoms with van der Waals surface area (Å²) in [6, 6.07) is 3.13. The molecule has 0 saturated carbocycles. The standard InChI is InChI=1S/C14H18N2O2/c1-8-7-14(18,6-5-10(8)15)13-9(2)11(16)3-4-12(13)17/h3-6,17-18H,7,15-16H2,1-2H3. The van der Waals surface area contributed by atoms with Gasteiger partial charge in [0.2, 0.25) is 0 Å². The smallest absolute Gasteiger partial charge is 0.122 e. The molecule has 0 radical (unpaired) electrons. The number of rotatable bonds is 1. The van der Waals surface area contributed by atoms with Gasteiger partial charge < -0.3 is 21.7 Å². The summed E-state index contributed by atoms with van der Waals surface area (Å²) < 4.78 is 0. The van der Waals surface area contributed by atoms with Crippen molar-refractivity contribution in [3.8, 4) is 5.75 Å². The van der Waals surface area contributed by atoms with Crippen molar-refractivity contribution >= 4 is 5.69 Å². The lowest BCUT2D eigenvalue weighted by molar-refractivity contribution is 0.0843. The number of allylic oxidation sites excluding steroid dienone is 1. The molecule has 2 rings (SSSR count). The summed E-state index contributed by atoms with van der Waals surface area (Å²) in [5.41, 5.74) is 13.6. The molecule has 0 aliphatic heterocycles. The number of hydrogen-bond donors (Lipinski definition) is 4. The summed E-state index contributed by atoms with van der Waals surface area (Å²) in [7, 11) is 0. The monoisotopic (exact) mass is 246 g/mol. The molecule has 0 amide bonds. The summed E-state index contributed by atoms with van der Waals surface area (Å²) in [4.78, 5) is 0. The van der Waals surface area contributed by atoms with E-state index in [4.69, 9.17) is 11.5 Å². The molecule has 1 aromatic rings. The van der Waals surface area contributed by atoms with E-state index in [0.717, 1.165) is 5.57 Å². The second-order valence-electron chi connectivity index (χ2n) is 4.84. The number of anilines is 1. The van der Waals surface area contributed by atoms with E-state index >= 15 is 0 Å². The van der Waals surface area contributed by atoms with Gasteiger partial charge in [0, 0.05) is 23.4 Å². The molecule has 0 fully saturated rings. The summed E-state index contributed by atoms with van der Waals surface area (Å²) in [6.07, 6.45) is 3.63. The van der Waals surface area contributed by atoms with E-state index in [1.54, 1.807) is 25.1 Å². The highest BCUT2D eigenvalue weighted by Crippen LogP contribution is 2.41. The van der Waals surface area contributed by atoms with Crippen LogP contribution >= 0.6 is 0 Å². The van der Waals surface area contributed by atoms with Crippen LogP contribution in [0, 0.1) is 6.92 Å². The average Bonchev–Trinajstić information content (AvgIpc) is 2.30. The molecule has 18 heavy (non-hydrogen) atoms. The molecule has 96 valence electrons. The Bertz CT molecular complexity index is 561. The first-order valence-corrected chi connectivity index (χ1v) is 5.80. The normalized spacial score (nSPS) is 23.5. The van der Waals surface area contributed by atoms with Crippen molar-refractivity contribution in [3.63, 3.8) is 0 Å². The summed E-state index contributed by atoms with van der Waals surface area (Å²) in [5, 5.41) is 20.7. The van der Waals surface area contributed by atoms with E-state index in [-0.39, 0.29) is 5.75 Å². The predicted octanol–water partition coefficient (Wildman–Crippen LogP) is 1.66. The number of phenolic OH excluding ortho intramolecular Hbond substituents is 1. The molecule has 4 nitrogen and oxygen atoms in total. The third-order valence-electron chi connectivity index (χ3n) is 3.48. The molecule has 1 atom stereocenters. The van der Waals surface area contributed by atoms with Gasteiger partial charge in [0.25, 0.3) is 0 Å². The molecule has 4 heteroatoms. The Morgan fingerprint density at radius 1 is 1.22 bits per heavy atom. The molecule has 1 unspecified atom stereocenters. The minimum Gasteiger partial charge on any atom is -0.508 e. The van der Waals surface area contributed by atoms with Gasteiger partial charge in [-0.2, -0.15) is 0 Å². The van der Waals surface area contributed by atoms with Crippen LogP contribution in [0.1, 0.15) is 24.5 Å². The van der Waals surface area contributed by atoms with Gasteiger partial charge in [0.15, 0.2) is 0 Å². The zero-order valence-electron chi connectivity index (χ0n) is 10.6. The summed E-state index contributed by atoms with van der Waals surface area (Å²) in [6.45, 7) is 3.65. The van der Waals surface area contributed by atoms with Crippen LogP contribution in [-0.2, 0) is 5.60 Å². The van der Waals surface area contributed by atoms with E-state index < -0.39 is 5.60 Å². The third-order valence-corrected chi connectivity index (χ3v) is 3.48. The molecular formula is C14H18N2O2. The minimum atomic E-state index is -1.25. The van der Waals surface area contributed by atoms with E-state index in [0.29, 0.717) is 28.9 Å². The van der Waals surface area contributed by atoms with Crippen LogP contribution in [0.3, 0.4) is 0 Å². The molecule has 0 bridgehead atoms. The average molecular weight is 246 g/mol. The molecule has 1 aliphatic rings. The fraction of sp³-hybridized carbons (Fsp3) is 0.286. The van der Waals surface area contributed by atoms with Crippen molar-refractivity contribution in [3.05, 3.63) is 46.7 Å². The number of nitrogens with two attached hydrogens (primary N) is 2. The first-order chi connectivity index (χ1) is 8.35. The zero-order valence-corrected chi connectivity index (χ0v) is 10.6. The molecule has 0 saturated heterocycles. The Labute approximate surface area is 106 Å². The largest absolute Gasteiger partial charge is 0.508 e. The lowest BCUT2D eigenvalue weighted by Gasteiger charge is -2.31. The second-order valence-corrected chi connectivity index (χ2v) is 4.84. The van der Waals surface area contributed by atoms with E-state index in [1.807, 2.05) is 6.92 Å². The lowest BCUT2D eigenvalue weighted by Crippen LogP contribution is -2.28. The maximum Gasteiger partial charge on any atom is 0.122 e. The summed E-state index contributed by atoms with van der Waals surface area (Å²) >= 11 is 0. The second kappa shape index (κ2) is 4.07. The lowest BCUT2D eigenvalue weighted by atomic mass is 9.80. The zero-order chi connectivity index (χ0) is 13.5. The highest BCUT2D eigenvalue weighted by atomic mass is 16.3. The first kappa shape index (κ1) is 12.5. The highest BCUT2D eigenvalue weighted by Gasteiger charge is 2.34. The van der Waals surface area contributed by atoms with E-state index in [1.165, 1.54) is 6.07 Å². The van der Waals surface area contributed by atoms with Gasteiger partial charge in [0.1, 0.15) is 11.4 Å². The molecule has 0 heterocycles. The van der Waals surface area contributed by atoms with Crippen molar-refractivity contribution in [2.24, 2.45) is 5.73 Å². The number of aliphatic hydroxyl groups is 1. The van der Waals surface area contributed by atoms with Crippen LogP contribution in [0.15, 0.2) is 35.6 Å². The van der Waals surface area contributed by atoms with Crippen molar-refractivity contribution in [1.29, 1.82) is 0 Å². The van der Waals surface area contributed by atoms with Crippen LogP contribution in [0.25, 0.3) is 0 Å². The van der Waals surface area contributed by atoms with Gasteiger partial charge in [0.05, 0.1) is 0 Å². The number of benzene rings is 1. The maximum absolute atomic E-state index is 10.7. The number of nitrogen functional groups attached to an aromatic ring is 1. The first-order valence-electron chi connectivity index (χ1n) is 5.80. The molecule has 1 aromatic carbocycles. The molecule has 6 N–H and O–H groups in total. The van der Waals surface area contributed by atoms with Gasteiger partial charge in [-0.15, -0.1) is 0 Å². The number of aromatic hydroxyl groups is 1. The fourth-order valence-corrected chi connectivity index (χ4v) is 2.37. The fourth-order valence-electron chi connectivity index (χ4n) is 2.37. The van der Waals surface area contributed by atoms with Crippen LogP contribution in [0.4, 0.5) is 5.69 Å². The van der Waals surface area contributed by atoms with Gasteiger partial charge in [-0.05, 0) is 49.3 Å². The van der Waals surface area contributed by atoms with Gasteiger partial charge in [-0.1, -0.05) is 0 Å². The topological polar surface area (TPSA) is 92.5 Å². The van der Waals surface area contributed by atoms with Crippen molar-refractivity contribution in [2.75, 3.05) is 5.73 Å².